The van der Waals surface area contributed by atoms with Gasteiger partial charge in [0.15, 0.2) is 0 Å². The van der Waals surface area contributed by atoms with Crippen molar-refractivity contribution in [2.24, 2.45) is 11.5 Å². The standard InChI is InChI=1S/C24H11Cl3N2O6/c25-8-5-4-6-2-1-3-7-9(6)11(8)14-12-10(7)15(21(28)30)16(22(29)31)17(23(32)33)13(12)18(24(34)35)20(27)19(14)26/h1-5H,(H2,28,30)(H2,29,31)(H,32,33)(H,34,35). The van der Waals surface area contributed by atoms with E-state index in [1.54, 1.807) is 30.3 Å². The van der Waals surface area contributed by atoms with Crippen molar-refractivity contribution in [3.8, 4) is 0 Å². The number of nitrogens with two attached hydrogens (primary N) is 2. The summed E-state index contributed by atoms with van der Waals surface area (Å²) >= 11 is 19.6. The van der Waals surface area contributed by atoms with Gasteiger partial charge in [-0.1, -0.05) is 59.1 Å². The van der Waals surface area contributed by atoms with Crippen molar-refractivity contribution in [1.29, 1.82) is 0 Å². The molecule has 2 amide bonds. The molecule has 0 aromatic heterocycles. The molecule has 0 saturated heterocycles. The van der Waals surface area contributed by atoms with Gasteiger partial charge in [0.05, 0.1) is 32.3 Å². The van der Waals surface area contributed by atoms with Crippen LogP contribution in [0.4, 0.5) is 0 Å². The lowest BCUT2D eigenvalue weighted by Gasteiger charge is -2.23. The SMILES string of the molecule is NC(=O)c1c(C(=O)O)c2c(C(=O)O)c(Cl)c(Cl)c3c4c(Cl)ccc5cccc(c(c1C(N)=O)c23)c54. The van der Waals surface area contributed by atoms with Gasteiger partial charge in [0.2, 0.25) is 11.8 Å². The Hall–Kier alpha value is -3.85. The second kappa shape index (κ2) is 7.58. The number of carboxylic acids is 2. The molecule has 5 aromatic carbocycles. The lowest BCUT2D eigenvalue weighted by Crippen LogP contribution is -2.25. The van der Waals surface area contributed by atoms with Gasteiger partial charge in [-0.25, -0.2) is 9.59 Å². The number of rotatable bonds is 4. The third-order valence-electron chi connectivity index (χ3n) is 6.07. The Bertz CT molecular complexity index is 1850. The Labute approximate surface area is 209 Å². The van der Waals surface area contributed by atoms with E-state index in [2.05, 4.69) is 0 Å². The summed E-state index contributed by atoms with van der Waals surface area (Å²) < 4.78 is 0. The molecule has 0 aliphatic rings. The van der Waals surface area contributed by atoms with Crippen molar-refractivity contribution in [3.63, 3.8) is 0 Å². The molecule has 0 atom stereocenters. The van der Waals surface area contributed by atoms with E-state index in [0.29, 0.717) is 21.5 Å². The molecule has 0 aliphatic heterocycles. The molecule has 5 aromatic rings. The van der Waals surface area contributed by atoms with E-state index in [-0.39, 0.29) is 26.2 Å². The molecule has 0 spiro atoms. The maximum absolute atomic E-state index is 12.7. The monoisotopic (exact) mass is 528 g/mol. The molecule has 0 aliphatic carbocycles. The van der Waals surface area contributed by atoms with Gasteiger partial charge in [0.25, 0.3) is 0 Å². The fourth-order valence-corrected chi connectivity index (χ4v) is 5.71. The van der Waals surface area contributed by atoms with Gasteiger partial charge in [0.1, 0.15) is 0 Å². The summed E-state index contributed by atoms with van der Waals surface area (Å²) in [5, 5.41) is 21.2. The number of hydrogen-bond donors (Lipinski definition) is 4. The Morgan fingerprint density at radius 3 is 1.80 bits per heavy atom. The highest BCUT2D eigenvalue weighted by atomic mass is 35.5. The number of carbonyl (C=O) groups excluding carboxylic acids is 2. The Morgan fingerprint density at radius 1 is 0.600 bits per heavy atom. The van der Waals surface area contributed by atoms with Crippen molar-refractivity contribution in [1.82, 2.24) is 0 Å². The van der Waals surface area contributed by atoms with Crippen molar-refractivity contribution >= 4 is 102 Å². The van der Waals surface area contributed by atoms with Gasteiger partial charge >= 0.3 is 11.9 Å². The highest BCUT2D eigenvalue weighted by Crippen LogP contribution is 2.51. The number of hydrogen-bond acceptors (Lipinski definition) is 4. The van der Waals surface area contributed by atoms with E-state index < -0.39 is 56.4 Å². The first-order chi connectivity index (χ1) is 16.5. The van der Waals surface area contributed by atoms with Gasteiger partial charge in [-0.15, -0.1) is 0 Å². The van der Waals surface area contributed by atoms with E-state index in [4.69, 9.17) is 46.3 Å². The van der Waals surface area contributed by atoms with E-state index in [1.807, 2.05) is 0 Å². The van der Waals surface area contributed by atoms with Crippen LogP contribution in [0, 0.1) is 0 Å². The van der Waals surface area contributed by atoms with Crippen LogP contribution in [0.5, 0.6) is 0 Å². The summed E-state index contributed by atoms with van der Waals surface area (Å²) in [6, 6.07) is 8.37. The summed E-state index contributed by atoms with van der Waals surface area (Å²) in [6.07, 6.45) is 0. The summed E-state index contributed by atoms with van der Waals surface area (Å²) in [6.45, 7) is 0. The zero-order valence-electron chi connectivity index (χ0n) is 17.2. The predicted octanol–water partition coefficient (Wildman–Crippen LogP) is 5.29. The topological polar surface area (TPSA) is 161 Å². The second-order valence-electron chi connectivity index (χ2n) is 7.79. The van der Waals surface area contributed by atoms with Crippen molar-refractivity contribution < 1.29 is 29.4 Å². The molecule has 6 N–H and O–H groups in total. The summed E-state index contributed by atoms with van der Waals surface area (Å²) in [5.74, 6) is -5.76. The van der Waals surface area contributed by atoms with E-state index in [0.717, 1.165) is 0 Å². The van der Waals surface area contributed by atoms with E-state index in [9.17, 15) is 29.4 Å². The van der Waals surface area contributed by atoms with Crippen molar-refractivity contribution in [3.05, 3.63) is 67.7 Å². The minimum Gasteiger partial charge on any atom is -0.478 e. The number of carboxylic acid groups (broad SMARTS) is 2. The third-order valence-corrected chi connectivity index (χ3v) is 7.23. The molecule has 0 fully saturated rings. The van der Waals surface area contributed by atoms with Crippen LogP contribution in [0.2, 0.25) is 15.1 Å². The third kappa shape index (κ3) is 2.88. The Balaban J connectivity index is 2.42. The van der Waals surface area contributed by atoms with Gasteiger partial charge < -0.3 is 21.7 Å². The molecule has 8 nitrogen and oxygen atoms in total. The maximum Gasteiger partial charge on any atom is 0.337 e. The number of carbonyl (C=O) groups is 4. The second-order valence-corrected chi connectivity index (χ2v) is 8.96. The summed E-state index contributed by atoms with van der Waals surface area (Å²) in [5.41, 5.74) is 8.49. The van der Waals surface area contributed by atoms with E-state index >= 15 is 0 Å². The quantitative estimate of drug-likeness (QED) is 0.183. The fraction of sp³-hybridized carbons (Fsp3) is 0. The molecular weight excluding hydrogens is 519 g/mol. The van der Waals surface area contributed by atoms with Crippen LogP contribution in [0.15, 0.2) is 30.3 Å². The summed E-state index contributed by atoms with van der Waals surface area (Å²) in [4.78, 5) is 50.1. The zero-order chi connectivity index (χ0) is 25.5. The Kier molecular flexibility index (Phi) is 4.96. The molecule has 35 heavy (non-hydrogen) atoms. The van der Waals surface area contributed by atoms with Crippen LogP contribution in [-0.4, -0.2) is 34.0 Å². The number of primary amides is 2. The normalized spacial score (nSPS) is 11.6. The van der Waals surface area contributed by atoms with Gasteiger partial charge in [-0.3, -0.25) is 9.59 Å². The van der Waals surface area contributed by atoms with Gasteiger partial charge in [0, 0.05) is 32.0 Å². The average molecular weight is 530 g/mol. The van der Waals surface area contributed by atoms with Crippen LogP contribution in [0.25, 0.3) is 43.1 Å². The maximum atomic E-state index is 12.7. The first-order valence-electron chi connectivity index (χ1n) is 9.81. The van der Waals surface area contributed by atoms with Crippen molar-refractivity contribution in [2.45, 2.75) is 0 Å². The van der Waals surface area contributed by atoms with Crippen LogP contribution < -0.4 is 11.5 Å². The van der Waals surface area contributed by atoms with Crippen LogP contribution in [-0.2, 0) is 0 Å². The number of benzene rings is 5. The number of halogens is 3. The van der Waals surface area contributed by atoms with Crippen LogP contribution in [0.3, 0.4) is 0 Å². The predicted molar refractivity (Wildman–Crippen MR) is 134 cm³/mol. The van der Waals surface area contributed by atoms with Gasteiger partial charge in [-0.2, -0.15) is 0 Å². The average Bonchev–Trinajstić information content (AvgIpc) is 2.78. The molecule has 11 heteroatoms. The molecule has 5 rings (SSSR count). The van der Waals surface area contributed by atoms with Crippen LogP contribution >= 0.6 is 34.8 Å². The molecule has 0 saturated carbocycles. The fourth-order valence-electron chi connectivity index (χ4n) is 4.91. The molecule has 0 bridgehead atoms. The first-order valence-corrected chi connectivity index (χ1v) is 10.9. The molecule has 0 radical (unpaired) electrons. The van der Waals surface area contributed by atoms with Gasteiger partial charge in [-0.05, 0) is 22.2 Å². The molecular formula is C24H11Cl3N2O6. The molecule has 174 valence electrons. The lowest BCUT2D eigenvalue weighted by atomic mass is 9.81. The number of amides is 2. The molecule has 0 unspecified atom stereocenters. The highest BCUT2D eigenvalue weighted by molar-refractivity contribution is 6.55. The van der Waals surface area contributed by atoms with E-state index in [1.165, 1.54) is 0 Å². The lowest BCUT2D eigenvalue weighted by molar-refractivity contribution is 0.0693. The Morgan fingerprint density at radius 2 is 1.23 bits per heavy atom. The van der Waals surface area contributed by atoms with Crippen LogP contribution in [0.1, 0.15) is 41.4 Å². The smallest absolute Gasteiger partial charge is 0.337 e. The number of fused-ring (bicyclic) bond motifs is 2. The highest BCUT2D eigenvalue weighted by Gasteiger charge is 2.35. The molecule has 0 heterocycles. The first kappa shape index (κ1) is 22.9. The zero-order valence-corrected chi connectivity index (χ0v) is 19.5. The largest absolute Gasteiger partial charge is 0.478 e. The minimum atomic E-state index is -1.72. The summed E-state index contributed by atoms with van der Waals surface area (Å²) in [7, 11) is 0. The van der Waals surface area contributed by atoms with Crippen molar-refractivity contribution in [2.75, 3.05) is 0 Å². The minimum absolute atomic E-state index is 0.0164. The number of aromatic carboxylic acids is 2.